The second kappa shape index (κ2) is 6.19. The molecule has 2 amide bonds. The van der Waals surface area contributed by atoms with Gasteiger partial charge in [-0.15, -0.1) is 0 Å². The van der Waals surface area contributed by atoms with Crippen molar-refractivity contribution in [1.29, 1.82) is 0 Å². The molecule has 0 aromatic heterocycles. The molecule has 1 aliphatic heterocycles. The van der Waals surface area contributed by atoms with Gasteiger partial charge in [0, 0.05) is 18.3 Å². The quantitative estimate of drug-likeness (QED) is 0.911. The Kier molecular flexibility index (Phi) is 4.64. The van der Waals surface area contributed by atoms with E-state index >= 15 is 0 Å². The first-order chi connectivity index (χ1) is 10.6. The molecule has 0 bridgehead atoms. The standard InChI is InChI=1S/C19H26N2O2/c1-12-11-14(19(3,4)5)8-9-15(12)18(23)21(6)16-10-7-13(2)20-17(16)22/h8-9,11,16H,2,7,10H2,1,3-6H3,(H,20,22). The van der Waals surface area contributed by atoms with Gasteiger partial charge in [-0.3, -0.25) is 9.59 Å². The van der Waals surface area contributed by atoms with Crippen molar-refractivity contribution in [3.05, 3.63) is 47.2 Å². The highest BCUT2D eigenvalue weighted by molar-refractivity contribution is 5.99. The van der Waals surface area contributed by atoms with E-state index in [-0.39, 0.29) is 17.2 Å². The van der Waals surface area contributed by atoms with Crippen LogP contribution >= 0.6 is 0 Å². The van der Waals surface area contributed by atoms with Crippen molar-refractivity contribution in [3.63, 3.8) is 0 Å². The molecule has 2 rings (SSSR count). The van der Waals surface area contributed by atoms with Crippen LogP contribution in [0.15, 0.2) is 30.5 Å². The van der Waals surface area contributed by atoms with Crippen LogP contribution in [0.2, 0.25) is 0 Å². The Hall–Kier alpha value is -2.10. The first-order valence-electron chi connectivity index (χ1n) is 7.98. The second-order valence-electron chi connectivity index (χ2n) is 7.34. The molecule has 23 heavy (non-hydrogen) atoms. The van der Waals surface area contributed by atoms with E-state index in [1.807, 2.05) is 19.1 Å². The number of aryl methyl sites for hydroxylation is 1. The highest BCUT2D eigenvalue weighted by atomic mass is 16.2. The Bertz CT molecular complexity index is 656. The molecule has 4 heteroatoms. The molecular formula is C19H26N2O2. The third-order valence-electron chi connectivity index (χ3n) is 4.43. The summed E-state index contributed by atoms with van der Waals surface area (Å²) in [5.41, 5.74) is 3.55. The summed E-state index contributed by atoms with van der Waals surface area (Å²) in [6.45, 7) is 12.2. The number of hydrogen-bond acceptors (Lipinski definition) is 2. The Labute approximate surface area is 138 Å². The van der Waals surface area contributed by atoms with E-state index in [9.17, 15) is 9.59 Å². The molecule has 1 aromatic carbocycles. The van der Waals surface area contributed by atoms with Gasteiger partial charge in [-0.2, -0.15) is 0 Å². The predicted molar refractivity (Wildman–Crippen MR) is 92.3 cm³/mol. The van der Waals surface area contributed by atoms with Crippen LogP contribution in [0.25, 0.3) is 0 Å². The van der Waals surface area contributed by atoms with Crippen LogP contribution in [-0.2, 0) is 10.2 Å². The van der Waals surface area contributed by atoms with Crippen molar-refractivity contribution < 1.29 is 9.59 Å². The number of rotatable bonds is 2. The van der Waals surface area contributed by atoms with Crippen LogP contribution in [0.4, 0.5) is 0 Å². The molecular weight excluding hydrogens is 288 g/mol. The highest BCUT2D eigenvalue weighted by Crippen LogP contribution is 2.25. The number of carbonyl (C=O) groups is 2. The Morgan fingerprint density at radius 3 is 2.52 bits per heavy atom. The Morgan fingerprint density at radius 1 is 1.35 bits per heavy atom. The van der Waals surface area contributed by atoms with Crippen molar-refractivity contribution in [2.45, 2.75) is 52.0 Å². The first-order valence-corrected chi connectivity index (χ1v) is 7.98. The number of likely N-dealkylation sites (N-methyl/N-ethyl adjacent to an activating group) is 1. The molecule has 1 unspecified atom stereocenters. The molecule has 124 valence electrons. The number of hydrogen-bond donors (Lipinski definition) is 1. The molecule has 1 heterocycles. The molecule has 1 aliphatic rings. The molecule has 1 saturated heterocycles. The lowest BCUT2D eigenvalue weighted by Crippen LogP contribution is -2.50. The number of nitrogens with one attached hydrogen (secondary N) is 1. The van der Waals surface area contributed by atoms with Gasteiger partial charge in [0.15, 0.2) is 0 Å². The monoisotopic (exact) mass is 314 g/mol. The zero-order chi connectivity index (χ0) is 17.4. The predicted octanol–water partition coefficient (Wildman–Crippen LogP) is 3.16. The average molecular weight is 314 g/mol. The number of carbonyl (C=O) groups excluding carboxylic acids is 2. The average Bonchev–Trinajstić information content (AvgIpc) is 2.45. The largest absolute Gasteiger partial charge is 0.330 e. The molecule has 1 atom stereocenters. The van der Waals surface area contributed by atoms with Gasteiger partial charge in [0.1, 0.15) is 6.04 Å². The van der Waals surface area contributed by atoms with Crippen molar-refractivity contribution in [1.82, 2.24) is 10.2 Å². The highest BCUT2D eigenvalue weighted by Gasteiger charge is 2.31. The van der Waals surface area contributed by atoms with Crippen LogP contribution in [0.5, 0.6) is 0 Å². The summed E-state index contributed by atoms with van der Waals surface area (Å²) >= 11 is 0. The third-order valence-corrected chi connectivity index (χ3v) is 4.43. The van der Waals surface area contributed by atoms with E-state index in [1.165, 1.54) is 5.56 Å². The number of amides is 2. The van der Waals surface area contributed by atoms with Gasteiger partial charge in [0.25, 0.3) is 5.91 Å². The minimum atomic E-state index is -0.435. The zero-order valence-electron chi connectivity index (χ0n) is 14.7. The molecule has 0 saturated carbocycles. The van der Waals surface area contributed by atoms with Crippen molar-refractivity contribution >= 4 is 11.8 Å². The summed E-state index contributed by atoms with van der Waals surface area (Å²) in [7, 11) is 1.69. The van der Waals surface area contributed by atoms with Crippen LogP contribution in [0.1, 0.15) is 55.1 Å². The molecule has 1 aromatic rings. The third kappa shape index (κ3) is 3.63. The molecule has 0 aliphatic carbocycles. The Morgan fingerprint density at radius 2 is 2.00 bits per heavy atom. The van der Waals surface area contributed by atoms with Crippen LogP contribution in [0.3, 0.4) is 0 Å². The SMILES string of the molecule is C=C1CCC(N(C)C(=O)c2ccc(C(C)(C)C)cc2C)C(=O)N1. The van der Waals surface area contributed by atoms with Gasteiger partial charge in [0.2, 0.25) is 5.91 Å². The summed E-state index contributed by atoms with van der Waals surface area (Å²) in [5.74, 6) is -0.267. The fourth-order valence-corrected chi connectivity index (χ4v) is 2.83. The molecule has 0 radical (unpaired) electrons. The van der Waals surface area contributed by atoms with E-state index in [1.54, 1.807) is 11.9 Å². The van der Waals surface area contributed by atoms with Crippen molar-refractivity contribution in [2.24, 2.45) is 0 Å². The lowest BCUT2D eigenvalue weighted by atomic mass is 9.85. The van der Waals surface area contributed by atoms with Gasteiger partial charge in [0.05, 0.1) is 0 Å². The minimum absolute atomic E-state index is 0.0435. The molecule has 0 spiro atoms. The lowest BCUT2D eigenvalue weighted by Gasteiger charge is -2.31. The van der Waals surface area contributed by atoms with Crippen LogP contribution < -0.4 is 5.32 Å². The maximum Gasteiger partial charge on any atom is 0.254 e. The molecule has 1 N–H and O–H groups in total. The van der Waals surface area contributed by atoms with Crippen molar-refractivity contribution in [3.8, 4) is 0 Å². The summed E-state index contributed by atoms with van der Waals surface area (Å²) in [4.78, 5) is 26.4. The van der Waals surface area contributed by atoms with Gasteiger partial charge < -0.3 is 10.2 Å². The van der Waals surface area contributed by atoms with E-state index in [0.29, 0.717) is 18.4 Å². The van der Waals surface area contributed by atoms with E-state index in [4.69, 9.17) is 0 Å². The van der Waals surface area contributed by atoms with E-state index in [2.05, 4.69) is 38.7 Å². The summed E-state index contributed by atoms with van der Waals surface area (Å²) in [6.07, 6.45) is 1.32. The van der Waals surface area contributed by atoms with Crippen LogP contribution in [-0.4, -0.2) is 29.8 Å². The first kappa shape index (κ1) is 17.3. The number of piperidine rings is 1. The smallest absolute Gasteiger partial charge is 0.254 e. The number of benzene rings is 1. The van der Waals surface area contributed by atoms with Gasteiger partial charge in [-0.05, 0) is 42.4 Å². The summed E-state index contributed by atoms with van der Waals surface area (Å²) in [6, 6.07) is 5.49. The van der Waals surface area contributed by atoms with E-state index in [0.717, 1.165) is 11.3 Å². The lowest BCUT2D eigenvalue weighted by molar-refractivity contribution is -0.125. The summed E-state index contributed by atoms with van der Waals surface area (Å²) in [5, 5.41) is 2.73. The topological polar surface area (TPSA) is 49.4 Å². The molecule has 1 fully saturated rings. The fraction of sp³-hybridized carbons (Fsp3) is 0.474. The second-order valence-corrected chi connectivity index (χ2v) is 7.34. The van der Waals surface area contributed by atoms with Gasteiger partial charge >= 0.3 is 0 Å². The van der Waals surface area contributed by atoms with E-state index < -0.39 is 6.04 Å². The molecule has 4 nitrogen and oxygen atoms in total. The maximum absolute atomic E-state index is 12.8. The van der Waals surface area contributed by atoms with Gasteiger partial charge in [-0.25, -0.2) is 0 Å². The fourth-order valence-electron chi connectivity index (χ4n) is 2.83. The maximum atomic E-state index is 12.8. The Balaban J connectivity index is 2.23. The number of allylic oxidation sites excluding steroid dienone is 1. The van der Waals surface area contributed by atoms with Crippen LogP contribution in [0, 0.1) is 6.92 Å². The normalized spacial score (nSPS) is 18.6. The minimum Gasteiger partial charge on any atom is -0.330 e. The summed E-state index contributed by atoms with van der Waals surface area (Å²) < 4.78 is 0. The van der Waals surface area contributed by atoms with Crippen molar-refractivity contribution in [2.75, 3.05) is 7.05 Å². The number of nitrogens with zero attached hydrogens (tertiary/aromatic N) is 1. The van der Waals surface area contributed by atoms with Gasteiger partial charge in [-0.1, -0.05) is 39.5 Å². The zero-order valence-corrected chi connectivity index (χ0v) is 14.7.